The molecule has 0 atom stereocenters. The Bertz CT molecular complexity index is 581. The van der Waals surface area contributed by atoms with Gasteiger partial charge >= 0.3 is 0 Å². The first-order chi connectivity index (χ1) is 8.76. The van der Waals surface area contributed by atoms with Crippen molar-refractivity contribution in [3.05, 3.63) is 30.1 Å². The maximum absolute atomic E-state index is 5.74. The minimum absolute atomic E-state index is 0.282. The smallest absolute Gasteiger partial charge is 0.223 e. The highest BCUT2D eigenvalue weighted by Gasteiger charge is 2.27. The summed E-state index contributed by atoms with van der Waals surface area (Å²) in [5.41, 5.74) is 6.63. The van der Waals surface area contributed by atoms with Crippen LogP contribution >= 0.6 is 0 Å². The van der Waals surface area contributed by atoms with Crippen molar-refractivity contribution in [2.24, 2.45) is 0 Å². The second-order valence-corrected chi connectivity index (χ2v) is 4.38. The fourth-order valence-electron chi connectivity index (χ4n) is 1.82. The molecule has 0 spiro atoms. The van der Waals surface area contributed by atoms with Crippen LogP contribution in [0.15, 0.2) is 24.3 Å². The average Bonchev–Trinajstić information content (AvgIpc) is 3.22. The highest BCUT2D eigenvalue weighted by molar-refractivity contribution is 5.58. The van der Waals surface area contributed by atoms with Gasteiger partial charge in [0, 0.05) is 11.5 Å². The van der Waals surface area contributed by atoms with Crippen LogP contribution in [-0.4, -0.2) is 22.1 Å². The number of anilines is 1. The number of methoxy groups -OCH3 is 1. The van der Waals surface area contributed by atoms with Crippen molar-refractivity contribution < 1.29 is 4.74 Å². The molecule has 1 aliphatic rings. The van der Waals surface area contributed by atoms with E-state index < -0.39 is 0 Å². The molecular weight excluding hydrogens is 228 g/mol. The summed E-state index contributed by atoms with van der Waals surface area (Å²) in [7, 11) is 1.64. The van der Waals surface area contributed by atoms with Crippen LogP contribution in [0.1, 0.15) is 24.6 Å². The quantitative estimate of drug-likeness (QED) is 0.891. The highest BCUT2D eigenvalue weighted by Crippen LogP contribution is 2.38. The molecule has 3 rings (SSSR count). The van der Waals surface area contributed by atoms with Crippen LogP contribution in [0, 0.1) is 0 Å². The minimum atomic E-state index is 0.282. The number of nitrogens with zero attached hydrogens (tertiary/aromatic N) is 3. The summed E-state index contributed by atoms with van der Waals surface area (Å²) in [6.07, 6.45) is 2.28. The predicted octanol–water partition coefficient (Wildman–Crippen LogP) is 2.01. The van der Waals surface area contributed by atoms with Gasteiger partial charge in [-0.25, -0.2) is 4.98 Å². The van der Waals surface area contributed by atoms with Crippen molar-refractivity contribution in [1.29, 1.82) is 0 Å². The lowest BCUT2D eigenvalue weighted by Crippen LogP contribution is -2.04. The van der Waals surface area contributed by atoms with E-state index in [9.17, 15) is 0 Å². The fourth-order valence-corrected chi connectivity index (χ4v) is 1.82. The Morgan fingerprint density at radius 2 is 2.06 bits per heavy atom. The molecule has 1 aliphatic carbocycles. The van der Waals surface area contributed by atoms with Crippen LogP contribution in [0.2, 0.25) is 0 Å². The predicted molar refractivity (Wildman–Crippen MR) is 68.2 cm³/mol. The Labute approximate surface area is 105 Å². The molecule has 0 unspecified atom stereocenters. The maximum atomic E-state index is 5.74. The molecule has 18 heavy (non-hydrogen) atoms. The van der Waals surface area contributed by atoms with Gasteiger partial charge in [-0.1, -0.05) is 12.1 Å². The number of hydrogen-bond donors (Lipinski definition) is 1. The zero-order valence-corrected chi connectivity index (χ0v) is 10.1. The zero-order valence-electron chi connectivity index (χ0n) is 10.1. The molecule has 1 aromatic carbocycles. The van der Waals surface area contributed by atoms with Gasteiger partial charge in [0.15, 0.2) is 5.82 Å². The van der Waals surface area contributed by atoms with Crippen LogP contribution in [0.4, 0.5) is 5.95 Å². The maximum Gasteiger partial charge on any atom is 0.223 e. The van der Waals surface area contributed by atoms with E-state index in [-0.39, 0.29) is 5.95 Å². The summed E-state index contributed by atoms with van der Waals surface area (Å²) < 4.78 is 5.19. The Balaban J connectivity index is 2.04. The molecule has 0 amide bonds. The van der Waals surface area contributed by atoms with Crippen molar-refractivity contribution in [1.82, 2.24) is 15.0 Å². The standard InChI is InChI=1S/C13H14N4O/c1-18-10-4-2-3-9(7-10)12-15-11(8-5-6-8)16-13(14)17-12/h2-4,7-8H,5-6H2,1H3,(H2,14,15,16,17). The molecule has 2 N–H and O–H groups in total. The van der Waals surface area contributed by atoms with Gasteiger partial charge in [0.25, 0.3) is 0 Å². The van der Waals surface area contributed by atoms with Crippen molar-refractivity contribution >= 4 is 5.95 Å². The number of rotatable bonds is 3. The molecule has 92 valence electrons. The van der Waals surface area contributed by atoms with Gasteiger partial charge in [-0.3, -0.25) is 0 Å². The van der Waals surface area contributed by atoms with E-state index in [1.165, 1.54) is 0 Å². The summed E-state index contributed by atoms with van der Waals surface area (Å²) in [5, 5.41) is 0. The SMILES string of the molecule is COc1cccc(-c2nc(N)nc(C3CC3)n2)c1. The lowest BCUT2D eigenvalue weighted by atomic mass is 10.2. The third-order valence-corrected chi connectivity index (χ3v) is 2.94. The molecule has 1 saturated carbocycles. The molecule has 5 nitrogen and oxygen atoms in total. The average molecular weight is 242 g/mol. The molecule has 0 radical (unpaired) electrons. The number of ether oxygens (including phenoxy) is 1. The van der Waals surface area contributed by atoms with Crippen molar-refractivity contribution in [3.8, 4) is 17.1 Å². The van der Waals surface area contributed by atoms with Gasteiger partial charge < -0.3 is 10.5 Å². The van der Waals surface area contributed by atoms with Crippen LogP contribution in [0.25, 0.3) is 11.4 Å². The van der Waals surface area contributed by atoms with Crippen molar-refractivity contribution in [3.63, 3.8) is 0 Å². The second-order valence-electron chi connectivity index (χ2n) is 4.38. The minimum Gasteiger partial charge on any atom is -0.497 e. The Kier molecular flexibility index (Phi) is 2.59. The summed E-state index contributed by atoms with van der Waals surface area (Å²) in [6.45, 7) is 0. The normalized spacial score (nSPS) is 14.5. The Morgan fingerprint density at radius 3 is 2.78 bits per heavy atom. The Morgan fingerprint density at radius 1 is 1.22 bits per heavy atom. The summed E-state index contributed by atoms with van der Waals surface area (Å²) in [4.78, 5) is 12.9. The van der Waals surface area contributed by atoms with E-state index >= 15 is 0 Å². The molecule has 1 aromatic heterocycles. The zero-order chi connectivity index (χ0) is 12.5. The lowest BCUT2D eigenvalue weighted by Gasteiger charge is -2.05. The highest BCUT2D eigenvalue weighted by atomic mass is 16.5. The molecule has 1 fully saturated rings. The van der Waals surface area contributed by atoms with Gasteiger partial charge in [0.2, 0.25) is 5.95 Å². The first-order valence-electron chi connectivity index (χ1n) is 5.92. The third kappa shape index (κ3) is 2.11. The number of nitrogen functional groups attached to an aromatic ring is 1. The number of benzene rings is 1. The topological polar surface area (TPSA) is 73.9 Å². The molecule has 1 heterocycles. The van der Waals surface area contributed by atoms with E-state index in [0.29, 0.717) is 11.7 Å². The van der Waals surface area contributed by atoms with Gasteiger partial charge in [-0.2, -0.15) is 9.97 Å². The van der Waals surface area contributed by atoms with Crippen LogP contribution in [0.3, 0.4) is 0 Å². The summed E-state index contributed by atoms with van der Waals surface area (Å²) >= 11 is 0. The van der Waals surface area contributed by atoms with E-state index in [2.05, 4.69) is 15.0 Å². The van der Waals surface area contributed by atoms with E-state index in [4.69, 9.17) is 10.5 Å². The molecule has 5 heteroatoms. The third-order valence-electron chi connectivity index (χ3n) is 2.94. The van der Waals surface area contributed by atoms with Gasteiger partial charge in [-0.05, 0) is 25.0 Å². The molecule has 0 saturated heterocycles. The monoisotopic (exact) mass is 242 g/mol. The largest absolute Gasteiger partial charge is 0.497 e. The molecular formula is C13H14N4O. The van der Waals surface area contributed by atoms with Gasteiger partial charge in [0.1, 0.15) is 11.6 Å². The van der Waals surface area contributed by atoms with Gasteiger partial charge in [0.05, 0.1) is 7.11 Å². The summed E-state index contributed by atoms with van der Waals surface area (Å²) in [6, 6.07) is 7.63. The lowest BCUT2D eigenvalue weighted by molar-refractivity contribution is 0.415. The summed E-state index contributed by atoms with van der Waals surface area (Å²) in [5.74, 6) is 2.94. The second kappa shape index (κ2) is 4.25. The molecule has 0 bridgehead atoms. The van der Waals surface area contributed by atoms with E-state index in [1.807, 2.05) is 24.3 Å². The van der Waals surface area contributed by atoms with Crippen LogP contribution in [0.5, 0.6) is 5.75 Å². The number of aromatic nitrogens is 3. The van der Waals surface area contributed by atoms with E-state index in [1.54, 1.807) is 7.11 Å². The van der Waals surface area contributed by atoms with E-state index in [0.717, 1.165) is 30.0 Å². The number of hydrogen-bond acceptors (Lipinski definition) is 5. The van der Waals surface area contributed by atoms with Crippen molar-refractivity contribution in [2.45, 2.75) is 18.8 Å². The van der Waals surface area contributed by atoms with Gasteiger partial charge in [-0.15, -0.1) is 0 Å². The Hall–Kier alpha value is -2.17. The first-order valence-corrected chi connectivity index (χ1v) is 5.92. The van der Waals surface area contributed by atoms with Crippen LogP contribution in [-0.2, 0) is 0 Å². The first kappa shape index (κ1) is 11.0. The van der Waals surface area contributed by atoms with Crippen LogP contribution < -0.4 is 10.5 Å². The molecule has 0 aliphatic heterocycles. The number of nitrogens with two attached hydrogens (primary N) is 1. The fraction of sp³-hybridized carbons (Fsp3) is 0.308. The van der Waals surface area contributed by atoms with Crippen molar-refractivity contribution in [2.75, 3.05) is 12.8 Å². The molecule has 2 aromatic rings.